The summed E-state index contributed by atoms with van der Waals surface area (Å²) in [5, 5.41) is 18.6. The van der Waals surface area contributed by atoms with Crippen LogP contribution in [-0.2, 0) is 11.2 Å². The van der Waals surface area contributed by atoms with E-state index >= 15 is 0 Å². The minimum atomic E-state index is -0.499. The van der Waals surface area contributed by atoms with Crippen molar-refractivity contribution in [3.63, 3.8) is 0 Å². The predicted octanol–water partition coefficient (Wildman–Crippen LogP) is 1.62. The fraction of sp³-hybridized carbons (Fsp3) is 0.200. The number of carbonyl (C=O) groups excluding carboxylic acids is 1. The molecule has 0 aliphatic rings. The number of nitrogens with zero attached hydrogens (tertiary/aromatic N) is 2. The van der Waals surface area contributed by atoms with E-state index in [-0.39, 0.29) is 24.3 Å². The molecule has 0 aromatic heterocycles. The Labute approximate surface area is 86.1 Å². The molecular weight excluding hydrogens is 196 g/mol. The Kier molecular flexibility index (Phi) is 3.52. The molecule has 0 saturated carbocycles. The molecule has 15 heavy (non-hydrogen) atoms. The largest absolute Gasteiger partial charge is 0.298 e. The minimum Gasteiger partial charge on any atom is -0.298 e. The highest BCUT2D eigenvalue weighted by molar-refractivity contribution is 5.82. The molecule has 0 spiro atoms. The molecule has 0 amide bonds. The van der Waals surface area contributed by atoms with Crippen LogP contribution in [-0.4, -0.2) is 10.7 Å². The number of ketones is 1. The lowest BCUT2D eigenvalue weighted by Crippen LogP contribution is -2.01. The third-order valence-electron chi connectivity index (χ3n) is 1.82. The van der Waals surface area contributed by atoms with E-state index in [0.717, 1.165) is 0 Å². The second-order valence-electron chi connectivity index (χ2n) is 2.97. The Morgan fingerprint density at radius 1 is 1.40 bits per heavy atom. The van der Waals surface area contributed by atoms with Crippen molar-refractivity contribution in [1.82, 2.24) is 0 Å². The lowest BCUT2D eigenvalue weighted by molar-refractivity contribution is -0.384. The molecule has 0 N–H and O–H groups in total. The number of hydrogen-bond donors (Lipinski definition) is 0. The van der Waals surface area contributed by atoms with Gasteiger partial charge in [0.1, 0.15) is 0 Å². The summed E-state index contributed by atoms with van der Waals surface area (Å²) in [5.74, 6) is -0.189. The molecule has 5 nitrogen and oxygen atoms in total. The van der Waals surface area contributed by atoms with E-state index in [1.165, 1.54) is 24.3 Å². The minimum absolute atomic E-state index is 0.00789. The maximum atomic E-state index is 11.1. The summed E-state index contributed by atoms with van der Waals surface area (Å²) in [6.07, 6.45) is 0.0164. The van der Waals surface area contributed by atoms with Crippen LogP contribution >= 0.6 is 0 Å². The van der Waals surface area contributed by atoms with E-state index in [0.29, 0.717) is 5.56 Å². The first kappa shape index (κ1) is 10.9. The van der Waals surface area contributed by atoms with Crippen molar-refractivity contribution in [2.45, 2.75) is 12.8 Å². The summed E-state index contributed by atoms with van der Waals surface area (Å²) in [7, 11) is 0. The van der Waals surface area contributed by atoms with Crippen LogP contribution in [0.15, 0.2) is 24.3 Å². The molecule has 0 unspecified atom stereocenters. The van der Waals surface area contributed by atoms with Crippen molar-refractivity contribution in [2.75, 3.05) is 0 Å². The third-order valence-corrected chi connectivity index (χ3v) is 1.82. The standard InChI is InChI=1S/C10H8N2O3/c11-6-5-10(13)7-8-1-3-9(4-2-8)12(14)15/h1-4H,5,7H2. The van der Waals surface area contributed by atoms with Gasteiger partial charge in [0.25, 0.3) is 5.69 Å². The van der Waals surface area contributed by atoms with Gasteiger partial charge < -0.3 is 0 Å². The maximum absolute atomic E-state index is 11.1. The zero-order valence-corrected chi connectivity index (χ0v) is 7.84. The molecule has 0 bridgehead atoms. The van der Waals surface area contributed by atoms with E-state index < -0.39 is 4.92 Å². The number of nitriles is 1. The Morgan fingerprint density at radius 3 is 2.47 bits per heavy atom. The molecule has 1 aromatic rings. The summed E-state index contributed by atoms with van der Waals surface area (Å²) in [5.41, 5.74) is 0.673. The number of non-ortho nitro benzene ring substituents is 1. The monoisotopic (exact) mass is 204 g/mol. The van der Waals surface area contributed by atoms with Crippen LogP contribution in [0.5, 0.6) is 0 Å². The normalized spacial score (nSPS) is 9.27. The number of nitro benzene ring substituents is 1. The summed E-state index contributed by atoms with van der Waals surface area (Å²) >= 11 is 0. The van der Waals surface area contributed by atoms with Gasteiger partial charge in [-0.1, -0.05) is 12.1 Å². The van der Waals surface area contributed by atoms with E-state index in [4.69, 9.17) is 5.26 Å². The van der Waals surface area contributed by atoms with Crippen LogP contribution in [0.2, 0.25) is 0 Å². The second kappa shape index (κ2) is 4.86. The molecule has 1 aromatic carbocycles. The molecule has 0 fully saturated rings. The van der Waals surface area contributed by atoms with E-state index in [1.54, 1.807) is 6.07 Å². The van der Waals surface area contributed by atoms with Crippen molar-refractivity contribution in [1.29, 1.82) is 5.26 Å². The lowest BCUT2D eigenvalue weighted by Gasteiger charge is -1.97. The average Bonchev–Trinajstić information content (AvgIpc) is 2.18. The molecule has 0 saturated heterocycles. The zero-order valence-electron chi connectivity index (χ0n) is 7.84. The first-order chi connectivity index (χ1) is 7.13. The molecule has 0 radical (unpaired) electrons. The van der Waals surface area contributed by atoms with Gasteiger partial charge in [0.15, 0.2) is 5.78 Å². The van der Waals surface area contributed by atoms with Gasteiger partial charge in [-0.2, -0.15) is 5.26 Å². The van der Waals surface area contributed by atoms with Gasteiger partial charge in [-0.3, -0.25) is 14.9 Å². The molecule has 76 valence electrons. The van der Waals surface area contributed by atoms with Gasteiger partial charge in [-0.25, -0.2) is 0 Å². The van der Waals surface area contributed by atoms with Crippen molar-refractivity contribution in [3.05, 3.63) is 39.9 Å². The fourth-order valence-electron chi connectivity index (χ4n) is 1.11. The molecule has 1 rings (SSSR count). The van der Waals surface area contributed by atoms with Crippen LogP contribution in [0.4, 0.5) is 5.69 Å². The van der Waals surface area contributed by atoms with Crippen LogP contribution in [0.3, 0.4) is 0 Å². The SMILES string of the molecule is N#CCC(=O)Cc1ccc([N+](=O)[O-])cc1. The van der Waals surface area contributed by atoms with Gasteiger partial charge in [-0.05, 0) is 5.56 Å². The summed E-state index contributed by atoms with van der Waals surface area (Å²) in [4.78, 5) is 20.9. The summed E-state index contributed by atoms with van der Waals surface area (Å²) in [6.45, 7) is 0. The van der Waals surface area contributed by atoms with Gasteiger partial charge in [0.2, 0.25) is 0 Å². The highest BCUT2D eigenvalue weighted by atomic mass is 16.6. The number of carbonyl (C=O) groups is 1. The Morgan fingerprint density at radius 2 is 2.00 bits per heavy atom. The van der Waals surface area contributed by atoms with Gasteiger partial charge in [0.05, 0.1) is 17.4 Å². The number of Topliss-reactive ketones (excluding diaryl/α,β-unsaturated/α-hetero) is 1. The molecular formula is C10H8N2O3. The van der Waals surface area contributed by atoms with Crippen molar-refractivity contribution >= 4 is 11.5 Å². The quantitative estimate of drug-likeness (QED) is 0.551. The maximum Gasteiger partial charge on any atom is 0.269 e. The third kappa shape index (κ3) is 3.19. The topological polar surface area (TPSA) is 84.0 Å². The van der Waals surface area contributed by atoms with Gasteiger partial charge in [0, 0.05) is 18.6 Å². The highest BCUT2D eigenvalue weighted by Crippen LogP contribution is 2.12. The molecule has 0 aliphatic heterocycles. The van der Waals surface area contributed by atoms with Crippen molar-refractivity contribution in [2.24, 2.45) is 0 Å². The summed E-state index contributed by atoms with van der Waals surface area (Å²) < 4.78 is 0. The van der Waals surface area contributed by atoms with Crippen molar-refractivity contribution in [3.8, 4) is 6.07 Å². The van der Waals surface area contributed by atoms with Crippen LogP contribution in [0, 0.1) is 21.4 Å². The van der Waals surface area contributed by atoms with E-state index in [2.05, 4.69) is 0 Å². The Balaban J connectivity index is 2.69. The van der Waals surface area contributed by atoms with E-state index in [9.17, 15) is 14.9 Å². The number of nitro groups is 1. The molecule has 0 aliphatic carbocycles. The lowest BCUT2D eigenvalue weighted by atomic mass is 10.1. The average molecular weight is 204 g/mol. The smallest absolute Gasteiger partial charge is 0.269 e. The van der Waals surface area contributed by atoms with Crippen molar-refractivity contribution < 1.29 is 9.72 Å². The highest BCUT2D eigenvalue weighted by Gasteiger charge is 2.06. The first-order valence-corrected chi connectivity index (χ1v) is 4.25. The second-order valence-corrected chi connectivity index (χ2v) is 2.97. The van der Waals surface area contributed by atoms with Gasteiger partial charge >= 0.3 is 0 Å². The predicted molar refractivity (Wildman–Crippen MR) is 52.0 cm³/mol. The fourth-order valence-corrected chi connectivity index (χ4v) is 1.11. The molecule has 0 atom stereocenters. The van der Waals surface area contributed by atoms with E-state index in [1.807, 2.05) is 0 Å². The number of rotatable bonds is 4. The van der Waals surface area contributed by atoms with Crippen LogP contribution < -0.4 is 0 Å². The molecule has 5 heteroatoms. The van der Waals surface area contributed by atoms with Crippen LogP contribution in [0.25, 0.3) is 0 Å². The Hall–Kier alpha value is -2.22. The molecule has 0 heterocycles. The number of hydrogen-bond acceptors (Lipinski definition) is 4. The van der Waals surface area contributed by atoms with Gasteiger partial charge in [-0.15, -0.1) is 0 Å². The number of benzene rings is 1. The first-order valence-electron chi connectivity index (χ1n) is 4.25. The Bertz CT molecular complexity index is 417. The zero-order chi connectivity index (χ0) is 11.3. The van der Waals surface area contributed by atoms with Crippen LogP contribution in [0.1, 0.15) is 12.0 Å². The summed E-state index contributed by atoms with van der Waals surface area (Å²) in [6, 6.07) is 7.49.